The number of aromatic nitrogens is 4. The molecule has 0 bridgehead atoms. The van der Waals surface area contributed by atoms with E-state index >= 15 is 0 Å². The molecule has 87 heavy (non-hydrogen) atoms. The molecule has 1 N–H and O–H groups in total. The summed E-state index contributed by atoms with van der Waals surface area (Å²) in [5.41, 5.74) is 17.8. The van der Waals surface area contributed by atoms with Crippen LogP contribution in [0, 0.1) is 38.1 Å². The summed E-state index contributed by atoms with van der Waals surface area (Å²) in [6, 6.07) is 85.6. The number of nitrogens with zero attached hydrogens (tertiary/aromatic N) is 4. The van der Waals surface area contributed by atoms with Gasteiger partial charge in [-0.05, 0) is 104 Å². The van der Waals surface area contributed by atoms with Gasteiger partial charge < -0.3 is 29.8 Å². The van der Waals surface area contributed by atoms with Crippen LogP contribution in [0.1, 0.15) is 30.5 Å². The van der Waals surface area contributed by atoms with E-state index in [-0.39, 0.29) is 122 Å². The monoisotopic (exact) mass is 1850 g/mol. The fourth-order valence-corrected chi connectivity index (χ4v) is 8.59. The molecule has 0 aliphatic carbocycles. The number of hydrogen-bond acceptors (Lipinski definition) is 7. The van der Waals surface area contributed by atoms with Crippen molar-refractivity contribution in [2.45, 2.75) is 27.7 Å². The molecule has 4 heterocycles. The minimum Gasteiger partial charge on any atom is -0.512 e. The second-order valence-electron chi connectivity index (χ2n) is 18.7. The summed E-state index contributed by atoms with van der Waals surface area (Å²) < 4.78 is 36.4. The van der Waals surface area contributed by atoms with E-state index in [0.29, 0.717) is 5.69 Å². The first-order valence-corrected chi connectivity index (χ1v) is 26.7. The third-order valence-corrected chi connectivity index (χ3v) is 12.6. The molecule has 0 atom stereocenters. The Labute approximate surface area is 572 Å². The summed E-state index contributed by atoms with van der Waals surface area (Å²) in [6.45, 7) is 6.95. The van der Waals surface area contributed by atoms with Crippen LogP contribution in [-0.4, -0.2) is 37.9 Å². The number of para-hydroxylation sites is 1. The molecule has 12 aromatic rings. The molecule has 4 aromatic heterocycles. The molecule has 0 fully saturated rings. The zero-order valence-electron chi connectivity index (χ0n) is 52.1. The number of aliphatic hydroxyl groups excluding tert-OH is 1. The second-order valence-corrected chi connectivity index (χ2v) is 18.7. The van der Waals surface area contributed by atoms with Crippen LogP contribution in [0.15, 0.2) is 285 Å². The van der Waals surface area contributed by atoms with Crippen molar-refractivity contribution in [3.8, 4) is 95.3 Å². The molecule has 7 nitrogen and oxygen atoms in total. The average molecular weight is 1850 g/mol. The van der Waals surface area contributed by atoms with Crippen molar-refractivity contribution >= 4 is 5.78 Å². The summed E-state index contributed by atoms with van der Waals surface area (Å²) in [4.78, 5) is 27.9. The molecule has 0 aliphatic heterocycles. The van der Waals surface area contributed by atoms with Gasteiger partial charge in [-0.1, -0.05) is 146 Å². The molecule has 0 spiro atoms. The number of ketones is 1. The van der Waals surface area contributed by atoms with E-state index in [2.05, 4.69) is 113 Å². The predicted octanol–water partition coefficient (Wildman–Crippen LogP) is 18.5. The Bertz CT molecular complexity index is 3910. The van der Waals surface area contributed by atoms with E-state index in [1.165, 1.54) is 31.1 Å². The minimum absolute atomic E-state index is 0. The average Bonchev–Trinajstić information content (AvgIpc) is 1.13. The Morgan fingerprint density at radius 3 is 1.22 bits per heavy atom. The zero-order chi connectivity index (χ0) is 61.5. The Hall–Kier alpha value is -8.03. The van der Waals surface area contributed by atoms with Crippen molar-refractivity contribution in [2.75, 3.05) is 7.11 Å². The first kappa shape index (κ1) is 65.0. The van der Waals surface area contributed by atoms with Gasteiger partial charge in [0.1, 0.15) is 5.75 Å². The van der Waals surface area contributed by atoms with Crippen LogP contribution in [0.4, 0.5) is 0 Å². The quantitative estimate of drug-likeness (QED) is 0.0827. The standard InChI is InChI=1S/C19H16N.C18H14NO.2C17H12N.C5H8O2.4Ir/c1-14-7-6-8-15(2)19(14)17-11-12-18(20-13-17)16-9-4-3-5-10-16;1-20-18-10-6-5-9-16(18)15-11-12-17(19-13-15)14-7-3-2-4-8-14;2*1-3-7-14(8-4-1)16-11-12-17(18-13-16)15-9-5-2-6-10-15;1-4(6)3-5(2)7;;;;/h3-9,11-13H,1-2H3;2-7,9-13H,1H3;2*1-9,11-13H;3,6H,1-2H3;;;;/q4*-1;;;;;/i3D,4D,5D,9D;;;;;;;;. The molecule has 11 heteroatoms. The molecule has 8 aromatic carbocycles. The molecule has 0 saturated heterocycles. The maximum absolute atomic E-state index is 10.0. The van der Waals surface area contributed by atoms with E-state index in [4.69, 9.17) is 15.3 Å². The van der Waals surface area contributed by atoms with Crippen LogP contribution in [0.5, 0.6) is 5.75 Å². The van der Waals surface area contributed by atoms with Crippen LogP contribution in [0.3, 0.4) is 0 Å². The number of aryl methyl sites for hydroxylation is 2. The van der Waals surface area contributed by atoms with E-state index in [1.54, 1.807) is 19.4 Å². The number of pyridine rings is 4. The number of ether oxygens (including phenoxy) is 1. The van der Waals surface area contributed by atoms with Crippen molar-refractivity contribution in [3.05, 3.63) is 321 Å². The third-order valence-electron chi connectivity index (χ3n) is 12.6. The summed E-state index contributed by atoms with van der Waals surface area (Å²) in [5.74, 6) is 0.792. The maximum atomic E-state index is 10.0. The SMILES string of the molecule is CC(=O)C=C(C)O.COc1ccccc1-c1ccc(-c2[c-]cccc2)nc1.[2H]c1[c-]c(-c2ccc(-c3c(C)cccc3C)cn2)c([2H])c([2H])c1[2H].[Ir].[Ir].[Ir].[Ir].[c-]1ccccc1-c1ccc(-c2ccccc2)cn1.[c-]1ccccc1-c1ccc(-c2ccccc2)cn1. The smallest absolute Gasteiger partial charge is 0.155 e. The van der Waals surface area contributed by atoms with Crippen molar-refractivity contribution in [3.63, 3.8) is 0 Å². The summed E-state index contributed by atoms with van der Waals surface area (Å²) in [5, 5.41) is 8.36. The van der Waals surface area contributed by atoms with Gasteiger partial charge in [-0.25, -0.2) is 0 Å². The Kier molecular flexibility index (Phi) is 28.5. The van der Waals surface area contributed by atoms with Crippen molar-refractivity contribution < 1.29 is 101 Å². The van der Waals surface area contributed by atoms with Gasteiger partial charge in [0, 0.05) is 125 Å². The van der Waals surface area contributed by atoms with Crippen LogP contribution in [0.2, 0.25) is 0 Å². The number of carbonyl (C=O) groups excluding carboxylic acids is 1. The minimum atomic E-state index is -0.282. The number of rotatable bonds is 10. The summed E-state index contributed by atoms with van der Waals surface area (Å²) in [6.07, 6.45) is 8.59. The fraction of sp³-hybridized carbons (Fsp3) is 0.0658. The first-order chi connectivity index (χ1) is 42.3. The maximum Gasteiger partial charge on any atom is 0.155 e. The topological polar surface area (TPSA) is 98.1 Å². The van der Waals surface area contributed by atoms with Gasteiger partial charge in [-0.15, -0.1) is 143 Å². The third kappa shape index (κ3) is 22.0. The Morgan fingerprint density at radius 1 is 0.437 bits per heavy atom. The number of aliphatic hydroxyl groups is 1. The number of hydrogen-bond donors (Lipinski definition) is 1. The molecule has 0 amide bonds. The molecule has 0 unspecified atom stereocenters. The molecule has 0 aliphatic rings. The number of allylic oxidation sites excluding steroid dienone is 2. The van der Waals surface area contributed by atoms with Crippen molar-refractivity contribution in [1.29, 1.82) is 0 Å². The number of benzene rings is 8. The van der Waals surface area contributed by atoms with Gasteiger partial charge in [-0.2, -0.15) is 0 Å². The van der Waals surface area contributed by atoms with Gasteiger partial charge in [0.2, 0.25) is 0 Å². The van der Waals surface area contributed by atoms with Gasteiger partial charge in [-0.3, -0.25) is 4.79 Å². The molecule has 12 rings (SSSR count). The van der Waals surface area contributed by atoms with Crippen LogP contribution >= 0.6 is 0 Å². The van der Waals surface area contributed by atoms with Crippen LogP contribution in [0.25, 0.3) is 89.5 Å². The number of carbonyl (C=O) groups is 1. The summed E-state index contributed by atoms with van der Waals surface area (Å²) >= 11 is 0. The van der Waals surface area contributed by atoms with E-state index in [0.717, 1.165) is 84.0 Å². The fourth-order valence-electron chi connectivity index (χ4n) is 8.59. The molecular weight excluding hydrogens is 1790 g/mol. The van der Waals surface area contributed by atoms with E-state index in [1.807, 2.05) is 182 Å². The number of methoxy groups -OCH3 is 1. The Balaban J connectivity index is 0.000000248. The molecular formula is C76H62Ir4N4O3-4. The van der Waals surface area contributed by atoms with Crippen molar-refractivity contribution in [2.24, 2.45) is 0 Å². The van der Waals surface area contributed by atoms with Gasteiger partial charge in [0.25, 0.3) is 0 Å². The molecule has 444 valence electrons. The van der Waals surface area contributed by atoms with Crippen LogP contribution < -0.4 is 4.74 Å². The molecule has 0 saturated carbocycles. The first-order valence-electron chi connectivity index (χ1n) is 28.7. The predicted molar refractivity (Wildman–Crippen MR) is 339 cm³/mol. The second kappa shape index (κ2) is 38.2. The van der Waals surface area contributed by atoms with Gasteiger partial charge in [0.15, 0.2) is 5.78 Å². The molecule has 4 radical (unpaired) electrons. The Morgan fingerprint density at radius 2 is 0.839 bits per heavy atom. The van der Waals surface area contributed by atoms with Gasteiger partial charge in [0.05, 0.1) is 12.9 Å². The normalized spacial score (nSPS) is 10.6. The zero-order valence-corrected chi connectivity index (χ0v) is 57.7. The van der Waals surface area contributed by atoms with Crippen molar-refractivity contribution in [1.82, 2.24) is 19.9 Å². The largest absolute Gasteiger partial charge is 0.512 e. The summed E-state index contributed by atoms with van der Waals surface area (Å²) in [7, 11) is 1.68. The van der Waals surface area contributed by atoms with E-state index in [9.17, 15) is 4.79 Å². The van der Waals surface area contributed by atoms with Gasteiger partial charge >= 0.3 is 0 Å². The van der Waals surface area contributed by atoms with E-state index < -0.39 is 0 Å². The van der Waals surface area contributed by atoms with Crippen LogP contribution in [-0.2, 0) is 85.2 Å².